The molecule has 19 heavy (non-hydrogen) atoms. The van der Waals surface area contributed by atoms with Gasteiger partial charge in [-0.2, -0.15) is 0 Å². The molecule has 1 heterocycles. The molecule has 2 unspecified atom stereocenters. The van der Waals surface area contributed by atoms with Gasteiger partial charge in [-0.1, -0.05) is 30.3 Å². The smallest absolute Gasteiger partial charge is 0.303 e. The molecule has 0 amide bonds. The van der Waals surface area contributed by atoms with Crippen molar-refractivity contribution in [1.82, 2.24) is 10.2 Å². The number of hydrogen-bond donors (Lipinski definition) is 2. The predicted molar refractivity (Wildman–Crippen MR) is 75.1 cm³/mol. The lowest BCUT2D eigenvalue weighted by molar-refractivity contribution is -0.137. The van der Waals surface area contributed by atoms with Crippen molar-refractivity contribution < 1.29 is 9.90 Å². The second-order valence-electron chi connectivity index (χ2n) is 5.17. The molecular formula is C15H22N2O2. The number of nitrogens with one attached hydrogen (secondary N) is 1. The zero-order valence-electron chi connectivity index (χ0n) is 11.4. The number of benzene rings is 1. The van der Waals surface area contributed by atoms with E-state index in [1.165, 1.54) is 5.56 Å². The Hall–Kier alpha value is -1.39. The van der Waals surface area contributed by atoms with Gasteiger partial charge in [-0.3, -0.25) is 9.69 Å². The highest BCUT2D eigenvalue weighted by Gasteiger charge is 2.24. The largest absolute Gasteiger partial charge is 0.481 e. The van der Waals surface area contributed by atoms with Crippen molar-refractivity contribution in [3.63, 3.8) is 0 Å². The fraction of sp³-hybridized carbons (Fsp3) is 0.533. The van der Waals surface area contributed by atoms with Crippen molar-refractivity contribution >= 4 is 5.97 Å². The van der Waals surface area contributed by atoms with Gasteiger partial charge in [0.05, 0.1) is 0 Å². The molecule has 0 aliphatic carbocycles. The maximum absolute atomic E-state index is 10.6. The molecule has 1 aromatic carbocycles. The third kappa shape index (κ3) is 4.04. The Labute approximate surface area is 114 Å². The highest BCUT2D eigenvalue weighted by molar-refractivity contribution is 5.66. The van der Waals surface area contributed by atoms with Gasteiger partial charge in [-0.15, -0.1) is 0 Å². The number of carboxylic acid groups (broad SMARTS) is 1. The predicted octanol–water partition coefficient (Wildman–Crippen LogP) is 1.89. The fourth-order valence-corrected chi connectivity index (χ4v) is 2.64. The Kier molecular flexibility index (Phi) is 4.93. The number of carboxylic acids is 1. The van der Waals surface area contributed by atoms with E-state index in [0.717, 1.165) is 19.6 Å². The molecule has 4 nitrogen and oxygen atoms in total. The average Bonchev–Trinajstić information content (AvgIpc) is 2.45. The number of aliphatic carboxylic acids is 1. The van der Waals surface area contributed by atoms with Crippen LogP contribution in [-0.4, -0.2) is 41.7 Å². The molecule has 2 rings (SSSR count). The number of rotatable bonds is 5. The zero-order valence-corrected chi connectivity index (χ0v) is 11.4. The van der Waals surface area contributed by atoms with E-state index in [-0.39, 0.29) is 12.5 Å². The summed E-state index contributed by atoms with van der Waals surface area (Å²) in [5, 5.41) is 12.2. The molecule has 1 aliphatic rings. The first-order valence-corrected chi connectivity index (χ1v) is 6.91. The minimum absolute atomic E-state index is 0.241. The van der Waals surface area contributed by atoms with E-state index in [0.29, 0.717) is 12.5 Å². The Morgan fingerprint density at radius 2 is 2.21 bits per heavy atom. The van der Waals surface area contributed by atoms with E-state index >= 15 is 0 Å². The zero-order chi connectivity index (χ0) is 13.7. The molecule has 4 heteroatoms. The number of nitrogens with zero attached hydrogens (tertiary/aromatic N) is 1. The molecule has 0 spiro atoms. The van der Waals surface area contributed by atoms with Crippen LogP contribution in [0.1, 0.15) is 31.4 Å². The Balaban J connectivity index is 1.91. The van der Waals surface area contributed by atoms with Gasteiger partial charge >= 0.3 is 5.97 Å². The molecule has 1 saturated heterocycles. The number of hydrogen-bond acceptors (Lipinski definition) is 3. The van der Waals surface area contributed by atoms with Crippen LogP contribution in [0.3, 0.4) is 0 Å². The maximum atomic E-state index is 10.6. The maximum Gasteiger partial charge on any atom is 0.303 e. The normalized spacial score (nSPS) is 22.1. The van der Waals surface area contributed by atoms with Crippen molar-refractivity contribution in [2.75, 3.05) is 19.6 Å². The standard InChI is InChI=1S/C15H22N2O2/c1-12(13-5-3-2-4-6-13)17-10-9-16-14(11-17)7-8-15(18)19/h2-6,12,14,16H,7-11H2,1H3,(H,18,19). The van der Waals surface area contributed by atoms with Gasteiger partial charge in [0.15, 0.2) is 0 Å². The van der Waals surface area contributed by atoms with Crippen LogP contribution in [0.5, 0.6) is 0 Å². The summed E-state index contributed by atoms with van der Waals surface area (Å²) in [5.41, 5.74) is 1.32. The lowest BCUT2D eigenvalue weighted by Crippen LogP contribution is -2.51. The second-order valence-corrected chi connectivity index (χ2v) is 5.17. The molecule has 104 valence electrons. The fourth-order valence-electron chi connectivity index (χ4n) is 2.64. The van der Waals surface area contributed by atoms with Crippen LogP contribution in [-0.2, 0) is 4.79 Å². The van der Waals surface area contributed by atoms with Gasteiger partial charge in [0.25, 0.3) is 0 Å². The van der Waals surface area contributed by atoms with E-state index in [9.17, 15) is 4.79 Å². The van der Waals surface area contributed by atoms with E-state index in [1.807, 2.05) is 6.07 Å². The molecule has 0 radical (unpaired) electrons. The van der Waals surface area contributed by atoms with Crippen molar-refractivity contribution in [2.45, 2.75) is 31.8 Å². The van der Waals surface area contributed by atoms with Crippen LogP contribution in [0.2, 0.25) is 0 Å². The van der Waals surface area contributed by atoms with Crippen molar-refractivity contribution in [1.29, 1.82) is 0 Å². The summed E-state index contributed by atoms with van der Waals surface area (Å²) in [6.45, 7) is 5.08. The third-order valence-electron chi connectivity index (χ3n) is 3.82. The van der Waals surface area contributed by atoms with Gasteiger partial charge in [0.2, 0.25) is 0 Å². The molecule has 0 bridgehead atoms. The Morgan fingerprint density at radius 3 is 2.89 bits per heavy atom. The quantitative estimate of drug-likeness (QED) is 0.851. The average molecular weight is 262 g/mol. The molecule has 0 aromatic heterocycles. The minimum Gasteiger partial charge on any atom is -0.481 e. The summed E-state index contributed by atoms with van der Waals surface area (Å²) in [7, 11) is 0. The summed E-state index contributed by atoms with van der Waals surface area (Å²) in [5.74, 6) is -0.713. The van der Waals surface area contributed by atoms with Gasteiger partial charge in [0.1, 0.15) is 0 Å². The first-order chi connectivity index (χ1) is 9.16. The molecule has 1 aliphatic heterocycles. The highest BCUT2D eigenvalue weighted by atomic mass is 16.4. The first-order valence-electron chi connectivity index (χ1n) is 6.91. The molecule has 1 aromatic rings. The minimum atomic E-state index is -0.713. The van der Waals surface area contributed by atoms with E-state index < -0.39 is 5.97 Å². The van der Waals surface area contributed by atoms with Crippen molar-refractivity contribution in [2.24, 2.45) is 0 Å². The van der Waals surface area contributed by atoms with E-state index in [1.54, 1.807) is 0 Å². The highest BCUT2D eigenvalue weighted by Crippen LogP contribution is 2.21. The molecule has 0 saturated carbocycles. The SMILES string of the molecule is CC(c1ccccc1)N1CCNC(CCC(=O)O)C1. The summed E-state index contributed by atoms with van der Waals surface area (Å²) in [6, 6.07) is 11.1. The van der Waals surface area contributed by atoms with Crippen LogP contribution < -0.4 is 5.32 Å². The molecule has 2 atom stereocenters. The summed E-state index contributed by atoms with van der Waals surface area (Å²) in [4.78, 5) is 13.1. The molecule has 1 fully saturated rings. The van der Waals surface area contributed by atoms with Crippen LogP contribution in [0, 0.1) is 0 Å². The van der Waals surface area contributed by atoms with Crippen LogP contribution in [0.25, 0.3) is 0 Å². The van der Waals surface area contributed by atoms with Crippen LogP contribution >= 0.6 is 0 Å². The summed E-state index contributed by atoms with van der Waals surface area (Å²) < 4.78 is 0. The van der Waals surface area contributed by atoms with E-state index in [4.69, 9.17) is 5.11 Å². The number of piperazine rings is 1. The monoisotopic (exact) mass is 262 g/mol. The van der Waals surface area contributed by atoms with Crippen LogP contribution in [0.4, 0.5) is 0 Å². The molecular weight excluding hydrogens is 240 g/mol. The Morgan fingerprint density at radius 1 is 1.47 bits per heavy atom. The van der Waals surface area contributed by atoms with Gasteiger partial charge in [-0.25, -0.2) is 0 Å². The Bertz CT molecular complexity index is 408. The number of carbonyl (C=O) groups is 1. The van der Waals surface area contributed by atoms with Crippen LogP contribution in [0.15, 0.2) is 30.3 Å². The lowest BCUT2D eigenvalue weighted by atomic mass is 10.0. The van der Waals surface area contributed by atoms with Gasteiger partial charge in [0, 0.05) is 38.1 Å². The van der Waals surface area contributed by atoms with Gasteiger partial charge in [-0.05, 0) is 18.9 Å². The summed E-state index contributed by atoms with van der Waals surface area (Å²) >= 11 is 0. The third-order valence-corrected chi connectivity index (χ3v) is 3.82. The van der Waals surface area contributed by atoms with Crippen molar-refractivity contribution in [3.8, 4) is 0 Å². The van der Waals surface area contributed by atoms with E-state index in [2.05, 4.69) is 41.4 Å². The summed E-state index contributed by atoms with van der Waals surface area (Å²) in [6.07, 6.45) is 0.943. The second kappa shape index (κ2) is 6.68. The topological polar surface area (TPSA) is 52.6 Å². The molecule has 2 N–H and O–H groups in total. The van der Waals surface area contributed by atoms with Crippen molar-refractivity contribution in [3.05, 3.63) is 35.9 Å². The lowest BCUT2D eigenvalue weighted by Gasteiger charge is -2.37. The first kappa shape index (κ1) is 14.0. The van der Waals surface area contributed by atoms with Gasteiger partial charge < -0.3 is 10.4 Å².